The highest BCUT2D eigenvalue weighted by Crippen LogP contribution is 2.29. The Morgan fingerprint density at radius 1 is 1.33 bits per heavy atom. The molecule has 3 heteroatoms. The van der Waals surface area contributed by atoms with E-state index < -0.39 is 0 Å². The van der Waals surface area contributed by atoms with E-state index in [-0.39, 0.29) is 0 Å². The molecule has 0 atom stereocenters. The third-order valence-corrected chi connectivity index (χ3v) is 2.74. The predicted molar refractivity (Wildman–Crippen MR) is 57.2 cm³/mol. The van der Waals surface area contributed by atoms with Crippen LogP contribution in [0.2, 0.25) is 0 Å². The summed E-state index contributed by atoms with van der Waals surface area (Å²) in [6.45, 7) is 3.77. The van der Waals surface area contributed by atoms with E-state index in [1.54, 1.807) is 0 Å². The van der Waals surface area contributed by atoms with Crippen molar-refractivity contribution in [3.63, 3.8) is 0 Å². The number of aryl methyl sites for hydroxylation is 1. The van der Waals surface area contributed by atoms with Crippen molar-refractivity contribution in [2.45, 2.75) is 20.0 Å². The molecule has 1 N–H and O–H groups in total. The van der Waals surface area contributed by atoms with Crippen LogP contribution in [0.5, 0.6) is 0 Å². The van der Waals surface area contributed by atoms with Crippen molar-refractivity contribution in [3.8, 4) is 11.3 Å². The van der Waals surface area contributed by atoms with Gasteiger partial charge in [-0.15, -0.1) is 0 Å². The van der Waals surface area contributed by atoms with Crippen LogP contribution in [-0.4, -0.2) is 5.16 Å². The molecular weight excluding hydrogens is 188 g/mol. The third-order valence-electron chi connectivity index (χ3n) is 2.74. The second-order valence-electron chi connectivity index (χ2n) is 3.91. The van der Waals surface area contributed by atoms with E-state index in [1.165, 1.54) is 11.1 Å². The van der Waals surface area contributed by atoms with E-state index in [9.17, 15) is 0 Å². The number of rotatable bonds is 1. The van der Waals surface area contributed by atoms with E-state index >= 15 is 0 Å². The van der Waals surface area contributed by atoms with Gasteiger partial charge in [-0.3, -0.25) is 0 Å². The van der Waals surface area contributed by atoms with E-state index in [0.717, 1.165) is 30.1 Å². The molecule has 3 rings (SSSR count). The van der Waals surface area contributed by atoms with Crippen LogP contribution in [0.15, 0.2) is 28.8 Å². The number of fused-ring (bicyclic) bond motifs is 1. The smallest absolute Gasteiger partial charge is 0.171 e. The third kappa shape index (κ3) is 1.36. The monoisotopic (exact) mass is 200 g/mol. The van der Waals surface area contributed by atoms with Crippen molar-refractivity contribution in [1.82, 2.24) is 10.5 Å². The Labute approximate surface area is 88.1 Å². The van der Waals surface area contributed by atoms with Crippen LogP contribution in [-0.2, 0) is 13.1 Å². The summed E-state index contributed by atoms with van der Waals surface area (Å²) in [5.74, 6) is 0.915. The Balaban J connectivity index is 2.13. The molecule has 0 fully saturated rings. The molecule has 1 aliphatic heterocycles. The summed E-state index contributed by atoms with van der Waals surface area (Å²) < 4.78 is 5.39. The average molecular weight is 200 g/mol. The molecule has 1 aliphatic rings. The maximum atomic E-state index is 5.39. The van der Waals surface area contributed by atoms with E-state index in [1.807, 2.05) is 6.07 Å². The lowest BCUT2D eigenvalue weighted by Crippen LogP contribution is -2.01. The fraction of sp³-hybridized carbons (Fsp3) is 0.250. The number of hydrogen-bond acceptors (Lipinski definition) is 3. The first-order valence-corrected chi connectivity index (χ1v) is 5.10. The number of nitrogens with one attached hydrogen (secondary N) is 1. The van der Waals surface area contributed by atoms with Gasteiger partial charge >= 0.3 is 0 Å². The Kier molecular flexibility index (Phi) is 1.86. The fourth-order valence-corrected chi connectivity index (χ4v) is 1.98. The number of hydrogen-bond donors (Lipinski definition) is 1. The zero-order chi connectivity index (χ0) is 10.3. The molecule has 76 valence electrons. The average Bonchev–Trinajstić information content (AvgIpc) is 2.77. The Morgan fingerprint density at radius 2 is 2.27 bits per heavy atom. The molecule has 1 aromatic carbocycles. The number of aromatic nitrogens is 1. The predicted octanol–water partition coefficient (Wildman–Crippen LogP) is 2.25. The molecule has 2 heterocycles. The van der Waals surface area contributed by atoms with E-state index in [4.69, 9.17) is 4.52 Å². The first-order chi connectivity index (χ1) is 7.34. The molecule has 3 nitrogen and oxygen atoms in total. The van der Waals surface area contributed by atoms with Gasteiger partial charge in [0.25, 0.3) is 0 Å². The number of nitrogens with zero attached hydrogens (tertiary/aromatic N) is 1. The lowest BCUT2D eigenvalue weighted by atomic mass is 10.1. The van der Waals surface area contributed by atoms with Crippen molar-refractivity contribution >= 4 is 0 Å². The van der Waals surface area contributed by atoms with Crippen molar-refractivity contribution in [2.24, 2.45) is 0 Å². The van der Waals surface area contributed by atoms with Gasteiger partial charge in [0, 0.05) is 24.2 Å². The molecule has 0 saturated carbocycles. The van der Waals surface area contributed by atoms with Crippen LogP contribution in [0.3, 0.4) is 0 Å². The maximum absolute atomic E-state index is 5.39. The second kappa shape index (κ2) is 3.21. The largest absolute Gasteiger partial charge is 0.356 e. The van der Waals surface area contributed by atoms with Crippen LogP contribution in [0.25, 0.3) is 11.3 Å². The molecular formula is C12H12N2O. The van der Waals surface area contributed by atoms with Gasteiger partial charge in [-0.05, 0) is 13.0 Å². The van der Waals surface area contributed by atoms with Gasteiger partial charge in [0.2, 0.25) is 0 Å². The molecule has 0 aliphatic carbocycles. The van der Waals surface area contributed by atoms with Gasteiger partial charge in [0.05, 0.1) is 0 Å². The quantitative estimate of drug-likeness (QED) is 0.767. The summed E-state index contributed by atoms with van der Waals surface area (Å²) in [5.41, 5.74) is 4.61. The minimum absolute atomic E-state index is 0.824. The van der Waals surface area contributed by atoms with E-state index in [2.05, 4.69) is 35.6 Å². The topological polar surface area (TPSA) is 38.1 Å². The van der Waals surface area contributed by atoms with Gasteiger partial charge in [-0.25, -0.2) is 0 Å². The van der Waals surface area contributed by atoms with Gasteiger partial charge in [-0.1, -0.05) is 28.9 Å². The Bertz CT molecular complexity index is 502. The van der Waals surface area contributed by atoms with Crippen LogP contribution in [0.1, 0.15) is 16.8 Å². The van der Waals surface area contributed by atoms with Crippen molar-refractivity contribution in [2.75, 3.05) is 0 Å². The zero-order valence-corrected chi connectivity index (χ0v) is 8.58. The summed E-state index contributed by atoms with van der Waals surface area (Å²) in [5, 5.41) is 7.34. The Morgan fingerprint density at radius 3 is 3.13 bits per heavy atom. The van der Waals surface area contributed by atoms with Gasteiger partial charge in [-0.2, -0.15) is 0 Å². The summed E-state index contributed by atoms with van der Waals surface area (Å²) >= 11 is 0. The van der Waals surface area contributed by atoms with Crippen molar-refractivity contribution in [3.05, 3.63) is 41.1 Å². The van der Waals surface area contributed by atoms with Crippen LogP contribution in [0.4, 0.5) is 0 Å². The highest BCUT2D eigenvalue weighted by molar-refractivity contribution is 5.63. The maximum Gasteiger partial charge on any atom is 0.171 e. The molecule has 0 amide bonds. The van der Waals surface area contributed by atoms with E-state index in [0.29, 0.717) is 0 Å². The summed E-state index contributed by atoms with van der Waals surface area (Å²) in [7, 11) is 0. The molecule has 0 radical (unpaired) electrons. The zero-order valence-electron chi connectivity index (χ0n) is 8.58. The molecule has 1 aromatic heterocycles. The molecule has 0 unspecified atom stereocenters. The summed E-state index contributed by atoms with van der Waals surface area (Å²) in [4.78, 5) is 0. The van der Waals surface area contributed by atoms with Gasteiger partial charge in [0.15, 0.2) is 5.76 Å². The second-order valence-corrected chi connectivity index (χ2v) is 3.91. The lowest BCUT2D eigenvalue weighted by molar-refractivity contribution is 0.417. The van der Waals surface area contributed by atoms with Crippen LogP contribution in [0, 0.1) is 6.92 Å². The molecule has 15 heavy (non-hydrogen) atoms. The summed E-state index contributed by atoms with van der Waals surface area (Å²) in [6.07, 6.45) is 0. The van der Waals surface area contributed by atoms with Gasteiger partial charge in [0.1, 0.15) is 5.69 Å². The van der Waals surface area contributed by atoms with Crippen LogP contribution < -0.4 is 5.32 Å². The standard InChI is InChI=1S/C12H12N2O/c1-8-3-2-4-9(5-8)12-10-6-13-7-11(10)14-15-12/h2-5,13H,6-7H2,1H3. The molecule has 0 bridgehead atoms. The Hall–Kier alpha value is -1.61. The number of benzene rings is 1. The fourth-order valence-electron chi connectivity index (χ4n) is 1.98. The molecule has 0 saturated heterocycles. The van der Waals surface area contributed by atoms with Crippen molar-refractivity contribution in [1.29, 1.82) is 0 Å². The lowest BCUT2D eigenvalue weighted by Gasteiger charge is -1.99. The first-order valence-electron chi connectivity index (χ1n) is 5.10. The molecule has 2 aromatic rings. The highest BCUT2D eigenvalue weighted by Gasteiger charge is 2.21. The highest BCUT2D eigenvalue weighted by atomic mass is 16.5. The molecule has 0 spiro atoms. The minimum atomic E-state index is 0.824. The van der Waals surface area contributed by atoms with Crippen molar-refractivity contribution < 1.29 is 4.52 Å². The SMILES string of the molecule is Cc1cccc(-c2onc3c2CNC3)c1. The normalized spacial score (nSPS) is 14.2. The minimum Gasteiger partial charge on any atom is -0.356 e. The summed E-state index contributed by atoms with van der Waals surface area (Å²) in [6, 6.07) is 8.31. The van der Waals surface area contributed by atoms with Crippen LogP contribution >= 0.6 is 0 Å². The van der Waals surface area contributed by atoms with Gasteiger partial charge < -0.3 is 9.84 Å². The first kappa shape index (κ1) is 8.68.